The lowest BCUT2D eigenvalue weighted by molar-refractivity contribution is 0.232. The SMILES string of the molecule is CCC(CC)(CCl)Nc1cc(OC(C)C)ncn1. The molecule has 0 fully saturated rings. The molecule has 0 aliphatic rings. The Morgan fingerprint density at radius 3 is 2.50 bits per heavy atom. The molecular weight excluding hydrogens is 250 g/mol. The Hall–Kier alpha value is -1.03. The van der Waals surface area contributed by atoms with Crippen molar-refractivity contribution >= 4 is 17.4 Å². The van der Waals surface area contributed by atoms with Gasteiger partial charge in [-0.1, -0.05) is 13.8 Å². The third-order valence-corrected chi connectivity index (χ3v) is 3.51. The minimum Gasteiger partial charge on any atom is -0.475 e. The summed E-state index contributed by atoms with van der Waals surface area (Å²) in [5, 5.41) is 3.39. The predicted molar refractivity (Wildman–Crippen MR) is 75.5 cm³/mol. The van der Waals surface area contributed by atoms with Gasteiger partial charge in [0.2, 0.25) is 5.88 Å². The maximum absolute atomic E-state index is 6.06. The van der Waals surface area contributed by atoms with Gasteiger partial charge in [0.15, 0.2) is 0 Å². The Kier molecular flexibility index (Phi) is 5.66. The summed E-state index contributed by atoms with van der Waals surface area (Å²) in [5.74, 6) is 1.88. The topological polar surface area (TPSA) is 47.0 Å². The minimum absolute atomic E-state index is 0.0999. The van der Waals surface area contributed by atoms with Gasteiger partial charge in [-0.15, -0.1) is 11.6 Å². The third-order valence-electron chi connectivity index (χ3n) is 3.00. The van der Waals surface area contributed by atoms with Crippen LogP contribution in [0.5, 0.6) is 5.88 Å². The summed E-state index contributed by atoms with van der Waals surface area (Å²) in [7, 11) is 0. The van der Waals surface area contributed by atoms with Gasteiger partial charge in [-0.25, -0.2) is 9.97 Å². The van der Waals surface area contributed by atoms with Gasteiger partial charge < -0.3 is 10.1 Å². The fraction of sp³-hybridized carbons (Fsp3) is 0.692. The van der Waals surface area contributed by atoms with Crippen LogP contribution in [0.25, 0.3) is 0 Å². The Morgan fingerprint density at radius 2 is 2.00 bits per heavy atom. The fourth-order valence-electron chi connectivity index (χ4n) is 1.63. The average molecular weight is 272 g/mol. The number of hydrogen-bond acceptors (Lipinski definition) is 4. The van der Waals surface area contributed by atoms with Crippen LogP contribution >= 0.6 is 11.6 Å². The fourth-order valence-corrected chi connectivity index (χ4v) is 2.08. The summed E-state index contributed by atoms with van der Waals surface area (Å²) in [6, 6.07) is 1.81. The molecule has 1 N–H and O–H groups in total. The van der Waals surface area contributed by atoms with Crippen LogP contribution in [0.4, 0.5) is 5.82 Å². The molecule has 1 heterocycles. The monoisotopic (exact) mass is 271 g/mol. The van der Waals surface area contributed by atoms with Crippen molar-refractivity contribution in [2.45, 2.75) is 52.2 Å². The van der Waals surface area contributed by atoms with Gasteiger partial charge in [-0.05, 0) is 26.7 Å². The molecule has 0 aliphatic heterocycles. The largest absolute Gasteiger partial charge is 0.475 e. The molecule has 102 valence electrons. The first-order valence-electron chi connectivity index (χ1n) is 6.38. The molecule has 0 radical (unpaired) electrons. The minimum atomic E-state index is -0.120. The Morgan fingerprint density at radius 1 is 1.33 bits per heavy atom. The van der Waals surface area contributed by atoms with Gasteiger partial charge in [-0.2, -0.15) is 0 Å². The van der Waals surface area contributed by atoms with Gasteiger partial charge in [0.25, 0.3) is 0 Å². The van der Waals surface area contributed by atoms with Gasteiger partial charge in [0.1, 0.15) is 12.1 Å². The summed E-state index contributed by atoms with van der Waals surface area (Å²) in [6.45, 7) is 8.17. The second kappa shape index (κ2) is 6.78. The smallest absolute Gasteiger partial charge is 0.218 e. The molecule has 5 heteroatoms. The van der Waals surface area contributed by atoms with Gasteiger partial charge in [0, 0.05) is 11.9 Å². The molecule has 1 aromatic heterocycles. The van der Waals surface area contributed by atoms with Crippen molar-refractivity contribution in [3.05, 3.63) is 12.4 Å². The van der Waals surface area contributed by atoms with Crippen molar-refractivity contribution in [2.24, 2.45) is 0 Å². The Labute approximate surface area is 114 Å². The van der Waals surface area contributed by atoms with E-state index >= 15 is 0 Å². The molecule has 0 aliphatic carbocycles. The van der Waals surface area contributed by atoms with Crippen LogP contribution < -0.4 is 10.1 Å². The number of rotatable bonds is 7. The Balaban J connectivity index is 2.83. The van der Waals surface area contributed by atoms with E-state index in [2.05, 4.69) is 29.1 Å². The number of halogens is 1. The van der Waals surface area contributed by atoms with E-state index in [0.717, 1.165) is 18.7 Å². The zero-order valence-electron chi connectivity index (χ0n) is 11.5. The van der Waals surface area contributed by atoms with E-state index in [1.54, 1.807) is 0 Å². The molecule has 0 unspecified atom stereocenters. The lowest BCUT2D eigenvalue weighted by Crippen LogP contribution is -2.39. The van der Waals surface area contributed by atoms with E-state index in [1.165, 1.54) is 6.33 Å². The highest BCUT2D eigenvalue weighted by atomic mass is 35.5. The number of hydrogen-bond donors (Lipinski definition) is 1. The molecule has 0 atom stereocenters. The van der Waals surface area contributed by atoms with E-state index in [9.17, 15) is 0 Å². The molecule has 0 amide bonds. The van der Waals surface area contributed by atoms with Crippen LogP contribution in [-0.2, 0) is 0 Å². The highest BCUT2D eigenvalue weighted by molar-refractivity contribution is 6.18. The maximum Gasteiger partial charge on any atom is 0.218 e. The molecule has 0 bridgehead atoms. The van der Waals surface area contributed by atoms with Gasteiger partial charge in [-0.3, -0.25) is 0 Å². The molecule has 0 spiro atoms. The molecule has 1 rings (SSSR count). The van der Waals surface area contributed by atoms with Crippen molar-refractivity contribution in [3.8, 4) is 5.88 Å². The number of anilines is 1. The summed E-state index contributed by atoms with van der Waals surface area (Å²) < 4.78 is 5.55. The van der Waals surface area contributed by atoms with Crippen LogP contribution in [-0.4, -0.2) is 27.5 Å². The lowest BCUT2D eigenvalue weighted by atomic mass is 9.95. The number of alkyl halides is 1. The summed E-state index contributed by atoms with van der Waals surface area (Å²) in [5.41, 5.74) is -0.120. The highest BCUT2D eigenvalue weighted by Gasteiger charge is 2.25. The first-order valence-corrected chi connectivity index (χ1v) is 6.91. The van der Waals surface area contributed by atoms with Gasteiger partial charge in [0.05, 0.1) is 11.6 Å². The second-order valence-corrected chi connectivity index (χ2v) is 4.92. The van der Waals surface area contributed by atoms with E-state index in [1.807, 2.05) is 19.9 Å². The lowest BCUT2D eigenvalue weighted by Gasteiger charge is -2.31. The van der Waals surface area contributed by atoms with Crippen molar-refractivity contribution in [1.29, 1.82) is 0 Å². The molecule has 1 aromatic rings. The summed E-state index contributed by atoms with van der Waals surface area (Å²) in [6.07, 6.45) is 3.49. The van der Waals surface area contributed by atoms with Gasteiger partial charge >= 0.3 is 0 Å². The third kappa shape index (κ3) is 4.02. The average Bonchev–Trinajstić information content (AvgIpc) is 2.36. The maximum atomic E-state index is 6.06. The molecular formula is C13H22ClN3O. The highest BCUT2D eigenvalue weighted by Crippen LogP contribution is 2.24. The van der Waals surface area contributed by atoms with Crippen LogP contribution in [0.1, 0.15) is 40.5 Å². The Bertz CT molecular complexity index is 359. The second-order valence-electron chi connectivity index (χ2n) is 4.65. The zero-order chi connectivity index (χ0) is 13.6. The molecule has 0 saturated carbocycles. The molecule has 18 heavy (non-hydrogen) atoms. The van der Waals surface area contributed by atoms with E-state index < -0.39 is 0 Å². The number of nitrogens with one attached hydrogen (secondary N) is 1. The quantitative estimate of drug-likeness (QED) is 0.772. The number of aromatic nitrogens is 2. The van der Waals surface area contributed by atoms with Crippen molar-refractivity contribution < 1.29 is 4.74 Å². The van der Waals surface area contributed by atoms with E-state index in [-0.39, 0.29) is 11.6 Å². The normalized spacial score (nSPS) is 11.7. The standard InChI is InChI=1S/C13H22ClN3O/c1-5-13(6-2,8-14)17-11-7-12(16-9-15-11)18-10(3)4/h7,9-10H,5-6,8H2,1-4H3,(H,15,16,17). The van der Waals surface area contributed by atoms with Crippen LogP contribution in [0, 0.1) is 0 Å². The predicted octanol–water partition coefficient (Wildman–Crippen LogP) is 3.47. The number of nitrogens with zero attached hydrogens (tertiary/aromatic N) is 2. The molecule has 4 nitrogen and oxygen atoms in total. The first kappa shape index (κ1) is 15.0. The molecule has 0 aromatic carbocycles. The van der Waals surface area contributed by atoms with Crippen LogP contribution in [0.15, 0.2) is 12.4 Å². The van der Waals surface area contributed by atoms with E-state index in [4.69, 9.17) is 16.3 Å². The zero-order valence-corrected chi connectivity index (χ0v) is 12.3. The van der Waals surface area contributed by atoms with Crippen molar-refractivity contribution in [1.82, 2.24) is 9.97 Å². The summed E-state index contributed by atoms with van der Waals surface area (Å²) in [4.78, 5) is 8.30. The number of ether oxygens (including phenoxy) is 1. The van der Waals surface area contributed by atoms with E-state index in [0.29, 0.717) is 11.8 Å². The van der Waals surface area contributed by atoms with Crippen molar-refractivity contribution in [2.75, 3.05) is 11.2 Å². The van der Waals surface area contributed by atoms with Crippen LogP contribution in [0.2, 0.25) is 0 Å². The van der Waals surface area contributed by atoms with Crippen LogP contribution in [0.3, 0.4) is 0 Å². The molecule has 0 saturated heterocycles. The van der Waals surface area contributed by atoms with Crippen molar-refractivity contribution in [3.63, 3.8) is 0 Å². The summed E-state index contributed by atoms with van der Waals surface area (Å²) >= 11 is 6.06. The first-order chi connectivity index (χ1) is 8.55.